The molecule has 9 heteroatoms. The van der Waals surface area contributed by atoms with E-state index in [1.54, 1.807) is 40.4 Å². The first-order valence-electron chi connectivity index (χ1n) is 9.91. The highest BCUT2D eigenvalue weighted by atomic mass is 32.1. The fourth-order valence-corrected chi connectivity index (χ4v) is 4.18. The number of carbonyl (C=O) groups excluding carboxylic acids is 1. The number of amides is 1. The SMILES string of the molecule is Cc1cc(CNC(=O)c2ccccn2)cc(-c2nc(Cn3cc(C(=O)O)cn3)c(C)s2)c1. The summed E-state index contributed by atoms with van der Waals surface area (Å²) < 4.78 is 1.57. The Balaban J connectivity index is 1.51. The average molecular weight is 448 g/mol. The molecule has 0 fully saturated rings. The molecular formula is C23H21N5O3S. The highest BCUT2D eigenvalue weighted by Gasteiger charge is 2.14. The van der Waals surface area contributed by atoms with E-state index in [0.717, 1.165) is 32.3 Å². The summed E-state index contributed by atoms with van der Waals surface area (Å²) in [5, 5.41) is 16.9. The predicted molar refractivity (Wildman–Crippen MR) is 121 cm³/mol. The normalized spacial score (nSPS) is 10.8. The summed E-state index contributed by atoms with van der Waals surface area (Å²) in [6.45, 7) is 4.77. The Morgan fingerprint density at radius 3 is 2.75 bits per heavy atom. The van der Waals surface area contributed by atoms with E-state index in [1.807, 2.05) is 26.0 Å². The van der Waals surface area contributed by atoms with Crippen molar-refractivity contribution in [3.63, 3.8) is 0 Å². The van der Waals surface area contributed by atoms with Crippen LogP contribution in [0.1, 0.15) is 42.5 Å². The number of benzene rings is 1. The maximum atomic E-state index is 12.3. The summed E-state index contributed by atoms with van der Waals surface area (Å²) in [5.41, 5.74) is 4.38. The van der Waals surface area contributed by atoms with Crippen LogP contribution in [0.4, 0.5) is 0 Å². The van der Waals surface area contributed by atoms with Crippen LogP contribution in [0.5, 0.6) is 0 Å². The van der Waals surface area contributed by atoms with E-state index in [4.69, 9.17) is 10.1 Å². The monoisotopic (exact) mass is 447 g/mol. The molecule has 1 aromatic carbocycles. The smallest absolute Gasteiger partial charge is 0.338 e. The van der Waals surface area contributed by atoms with Crippen LogP contribution in [0.15, 0.2) is 55.0 Å². The lowest BCUT2D eigenvalue weighted by Gasteiger charge is -2.08. The molecule has 4 aromatic rings. The number of thiazole rings is 1. The minimum atomic E-state index is -1.01. The molecule has 4 rings (SSSR count). The van der Waals surface area contributed by atoms with Gasteiger partial charge in [0.15, 0.2) is 0 Å². The summed E-state index contributed by atoms with van der Waals surface area (Å²) in [4.78, 5) is 33.2. The number of aryl methyl sites for hydroxylation is 2. The summed E-state index contributed by atoms with van der Waals surface area (Å²) in [6, 6.07) is 11.3. The number of aromatic carboxylic acids is 1. The number of hydrogen-bond acceptors (Lipinski definition) is 6. The van der Waals surface area contributed by atoms with Crippen LogP contribution in [0.25, 0.3) is 10.6 Å². The van der Waals surface area contributed by atoms with Gasteiger partial charge in [0.1, 0.15) is 10.7 Å². The van der Waals surface area contributed by atoms with Crippen LogP contribution < -0.4 is 5.32 Å². The quantitative estimate of drug-likeness (QED) is 0.447. The Bertz CT molecular complexity index is 1280. The van der Waals surface area contributed by atoms with Gasteiger partial charge in [-0.2, -0.15) is 5.10 Å². The van der Waals surface area contributed by atoms with Crippen LogP contribution in [-0.4, -0.2) is 36.7 Å². The molecule has 0 aliphatic heterocycles. The number of nitrogens with zero attached hydrogens (tertiary/aromatic N) is 4. The molecule has 0 bridgehead atoms. The molecule has 0 saturated heterocycles. The Morgan fingerprint density at radius 1 is 1.19 bits per heavy atom. The molecule has 2 N–H and O–H groups in total. The molecule has 0 aliphatic rings. The van der Waals surface area contributed by atoms with E-state index in [2.05, 4.69) is 21.5 Å². The van der Waals surface area contributed by atoms with Gasteiger partial charge >= 0.3 is 5.97 Å². The van der Waals surface area contributed by atoms with Gasteiger partial charge in [-0.3, -0.25) is 14.5 Å². The maximum Gasteiger partial charge on any atom is 0.338 e. The number of carboxylic acids is 1. The lowest BCUT2D eigenvalue weighted by molar-refractivity contribution is 0.0696. The van der Waals surface area contributed by atoms with Crippen molar-refractivity contribution in [1.82, 2.24) is 25.1 Å². The van der Waals surface area contributed by atoms with Crippen molar-refractivity contribution in [2.24, 2.45) is 0 Å². The fraction of sp³-hybridized carbons (Fsp3) is 0.174. The Kier molecular flexibility index (Phi) is 6.09. The minimum Gasteiger partial charge on any atom is -0.478 e. The summed E-state index contributed by atoms with van der Waals surface area (Å²) in [5.74, 6) is -1.23. The van der Waals surface area contributed by atoms with Gasteiger partial charge in [0.25, 0.3) is 5.91 Å². The number of nitrogens with one attached hydrogen (secondary N) is 1. The highest BCUT2D eigenvalue weighted by molar-refractivity contribution is 7.15. The van der Waals surface area contributed by atoms with Crippen molar-refractivity contribution < 1.29 is 14.7 Å². The molecule has 0 aliphatic carbocycles. The Labute approximate surface area is 188 Å². The molecular weight excluding hydrogens is 426 g/mol. The molecule has 32 heavy (non-hydrogen) atoms. The van der Waals surface area contributed by atoms with E-state index < -0.39 is 5.97 Å². The van der Waals surface area contributed by atoms with Gasteiger partial charge < -0.3 is 10.4 Å². The van der Waals surface area contributed by atoms with Crippen LogP contribution in [0.2, 0.25) is 0 Å². The number of carbonyl (C=O) groups is 2. The van der Waals surface area contributed by atoms with Gasteiger partial charge in [-0.25, -0.2) is 9.78 Å². The first-order chi connectivity index (χ1) is 15.4. The minimum absolute atomic E-state index is 0.147. The molecule has 0 radical (unpaired) electrons. The zero-order chi connectivity index (χ0) is 22.7. The van der Waals surface area contributed by atoms with E-state index in [9.17, 15) is 9.59 Å². The van der Waals surface area contributed by atoms with Crippen LogP contribution in [-0.2, 0) is 13.1 Å². The lowest BCUT2D eigenvalue weighted by Crippen LogP contribution is -2.23. The molecule has 162 valence electrons. The van der Waals surface area contributed by atoms with Crippen LogP contribution >= 0.6 is 11.3 Å². The van der Waals surface area contributed by atoms with Gasteiger partial charge in [0.05, 0.1) is 24.0 Å². The van der Waals surface area contributed by atoms with Crippen LogP contribution in [0, 0.1) is 13.8 Å². The Hall–Kier alpha value is -3.85. The fourth-order valence-electron chi connectivity index (χ4n) is 3.27. The second-order valence-corrected chi connectivity index (χ2v) is 8.56. The third kappa shape index (κ3) is 4.89. The zero-order valence-electron chi connectivity index (χ0n) is 17.6. The van der Waals surface area contributed by atoms with Gasteiger partial charge in [0.2, 0.25) is 0 Å². The number of rotatable bonds is 7. The molecule has 0 unspecified atom stereocenters. The zero-order valence-corrected chi connectivity index (χ0v) is 18.4. The summed E-state index contributed by atoms with van der Waals surface area (Å²) >= 11 is 1.57. The van der Waals surface area contributed by atoms with Crippen molar-refractivity contribution in [2.75, 3.05) is 0 Å². The van der Waals surface area contributed by atoms with E-state index in [0.29, 0.717) is 18.8 Å². The molecule has 0 spiro atoms. The second kappa shape index (κ2) is 9.11. The predicted octanol–water partition coefficient (Wildman–Crippen LogP) is 3.69. The van der Waals surface area contributed by atoms with Crippen LogP contribution in [0.3, 0.4) is 0 Å². The van der Waals surface area contributed by atoms with Crippen molar-refractivity contribution >= 4 is 23.2 Å². The number of pyridine rings is 1. The largest absolute Gasteiger partial charge is 0.478 e. The van der Waals surface area contributed by atoms with Crippen molar-refractivity contribution in [3.8, 4) is 10.6 Å². The number of carboxylic acid groups (broad SMARTS) is 1. The van der Waals surface area contributed by atoms with Gasteiger partial charge in [-0.05, 0) is 43.7 Å². The standard InChI is InChI=1S/C23H21N5O3S/c1-14-7-16(10-25-21(29)19-5-3-4-6-24-19)9-17(8-14)22-27-20(15(2)32-22)13-28-12-18(11-26-28)23(30)31/h3-9,11-12H,10,13H2,1-2H3,(H,25,29)(H,30,31). The number of aromatic nitrogens is 4. The van der Waals surface area contributed by atoms with E-state index >= 15 is 0 Å². The third-order valence-electron chi connectivity index (χ3n) is 4.82. The van der Waals surface area contributed by atoms with Gasteiger partial charge in [0, 0.05) is 29.4 Å². The van der Waals surface area contributed by atoms with Gasteiger partial charge in [-0.1, -0.05) is 17.7 Å². The molecule has 3 heterocycles. The lowest BCUT2D eigenvalue weighted by atomic mass is 10.1. The Morgan fingerprint density at radius 2 is 2.03 bits per heavy atom. The van der Waals surface area contributed by atoms with E-state index in [1.165, 1.54) is 12.4 Å². The van der Waals surface area contributed by atoms with Crippen molar-refractivity contribution in [2.45, 2.75) is 26.9 Å². The average Bonchev–Trinajstić information content (AvgIpc) is 3.40. The topological polar surface area (TPSA) is 110 Å². The highest BCUT2D eigenvalue weighted by Crippen LogP contribution is 2.29. The molecule has 3 aromatic heterocycles. The molecule has 8 nitrogen and oxygen atoms in total. The van der Waals surface area contributed by atoms with Crippen molar-refractivity contribution in [1.29, 1.82) is 0 Å². The summed E-state index contributed by atoms with van der Waals surface area (Å²) in [6.07, 6.45) is 4.42. The summed E-state index contributed by atoms with van der Waals surface area (Å²) in [7, 11) is 0. The first kappa shape index (κ1) is 21.4. The molecule has 0 saturated carbocycles. The molecule has 1 amide bonds. The maximum absolute atomic E-state index is 12.3. The molecule has 0 atom stereocenters. The first-order valence-corrected chi connectivity index (χ1v) is 10.7. The van der Waals surface area contributed by atoms with Crippen molar-refractivity contribution in [3.05, 3.63) is 87.9 Å². The second-order valence-electron chi connectivity index (χ2n) is 7.36. The third-order valence-corrected chi connectivity index (χ3v) is 5.88. The number of hydrogen-bond donors (Lipinski definition) is 2. The van der Waals surface area contributed by atoms with Gasteiger partial charge in [-0.15, -0.1) is 11.3 Å². The van der Waals surface area contributed by atoms with E-state index in [-0.39, 0.29) is 11.5 Å².